The first kappa shape index (κ1) is 14.4. The van der Waals surface area contributed by atoms with Gasteiger partial charge in [-0.05, 0) is 31.9 Å². The van der Waals surface area contributed by atoms with E-state index < -0.39 is 0 Å². The first-order valence-electron chi connectivity index (χ1n) is 5.75. The molecule has 0 aliphatic rings. The molecule has 1 rings (SSSR count). The van der Waals surface area contributed by atoms with Gasteiger partial charge in [0.2, 0.25) is 0 Å². The Morgan fingerprint density at radius 3 is 2.83 bits per heavy atom. The van der Waals surface area contributed by atoms with Gasteiger partial charge in [-0.25, -0.2) is 0 Å². The zero-order valence-electron chi connectivity index (χ0n) is 10.7. The zero-order valence-corrected chi connectivity index (χ0v) is 11.5. The van der Waals surface area contributed by atoms with Crippen LogP contribution in [0.2, 0.25) is 0 Å². The molecule has 0 aliphatic heterocycles. The number of thiocarbonyl (C=S) groups is 1. The molecule has 0 atom stereocenters. The van der Waals surface area contributed by atoms with Crippen molar-refractivity contribution in [1.82, 2.24) is 5.32 Å². The number of hydrogen-bond acceptors (Lipinski definition) is 3. The maximum Gasteiger partial charge on any atom is 0.255 e. The molecule has 4 nitrogen and oxygen atoms in total. The van der Waals surface area contributed by atoms with Gasteiger partial charge in [-0.15, -0.1) is 0 Å². The molecule has 98 valence electrons. The summed E-state index contributed by atoms with van der Waals surface area (Å²) in [4.78, 5) is 12.4. The third-order valence-corrected chi connectivity index (χ3v) is 2.69. The van der Waals surface area contributed by atoms with Gasteiger partial charge in [0.05, 0.1) is 17.7 Å². The summed E-state index contributed by atoms with van der Waals surface area (Å²) in [6.45, 7) is 2.48. The minimum Gasteiger partial charge on any atom is -0.496 e. The van der Waals surface area contributed by atoms with Crippen LogP contribution in [0.1, 0.15) is 28.8 Å². The van der Waals surface area contributed by atoms with E-state index in [1.165, 1.54) is 0 Å². The normalized spacial score (nSPS) is 9.89. The Morgan fingerprint density at radius 2 is 2.22 bits per heavy atom. The lowest BCUT2D eigenvalue weighted by Gasteiger charge is -2.10. The molecule has 0 spiro atoms. The third-order valence-electron chi connectivity index (χ3n) is 2.49. The second-order valence-electron chi connectivity index (χ2n) is 4.03. The standard InChI is InChI=1S/C13H18N2O2S/c1-9-5-6-11(17-2)10(8-9)13(16)15-7-3-4-12(14)18/h5-6,8H,3-4,7H2,1-2H3,(H2,14,18)(H,15,16). The summed E-state index contributed by atoms with van der Waals surface area (Å²) < 4.78 is 5.16. The van der Waals surface area contributed by atoms with Crippen LogP contribution in [0.25, 0.3) is 0 Å². The molecule has 0 radical (unpaired) electrons. The van der Waals surface area contributed by atoms with E-state index in [1.54, 1.807) is 13.2 Å². The molecule has 1 aromatic rings. The Hall–Kier alpha value is -1.62. The minimum absolute atomic E-state index is 0.140. The fraction of sp³-hybridized carbons (Fsp3) is 0.385. The topological polar surface area (TPSA) is 64.3 Å². The van der Waals surface area contributed by atoms with E-state index in [0.717, 1.165) is 12.0 Å². The Balaban J connectivity index is 2.60. The van der Waals surface area contributed by atoms with E-state index in [9.17, 15) is 4.79 Å². The Morgan fingerprint density at radius 1 is 1.50 bits per heavy atom. The molecule has 0 fully saturated rings. The van der Waals surface area contributed by atoms with Crippen molar-refractivity contribution in [2.45, 2.75) is 19.8 Å². The smallest absolute Gasteiger partial charge is 0.255 e. The second kappa shape index (κ2) is 6.96. The number of hydrogen-bond donors (Lipinski definition) is 2. The summed E-state index contributed by atoms with van der Waals surface area (Å²) >= 11 is 4.77. The Kier molecular flexibility index (Phi) is 5.58. The molecule has 0 heterocycles. The highest BCUT2D eigenvalue weighted by Gasteiger charge is 2.11. The third kappa shape index (κ3) is 4.33. The van der Waals surface area contributed by atoms with Crippen LogP contribution in [0.4, 0.5) is 0 Å². The highest BCUT2D eigenvalue weighted by molar-refractivity contribution is 7.80. The van der Waals surface area contributed by atoms with Crippen molar-refractivity contribution in [2.24, 2.45) is 5.73 Å². The molecular weight excluding hydrogens is 248 g/mol. The number of nitrogens with one attached hydrogen (secondary N) is 1. The van der Waals surface area contributed by atoms with Crippen LogP contribution in [-0.2, 0) is 0 Å². The molecule has 0 saturated heterocycles. The van der Waals surface area contributed by atoms with Crippen molar-refractivity contribution in [2.75, 3.05) is 13.7 Å². The van der Waals surface area contributed by atoms with Gasteiger partial charge in [0, 0.05) is 6.54 Å². The van der Waals surface area contributed by atoms with Crippen molar-refractivity contribution < 1.29 is 9.53 Å². The van der Waals surface area contributed by atoms with E-state index in [4.69, 9.17) is 22.7 Å². The van der Waals surface area contributed by atoms with Gasteiger partial charge in [0.25, 0.3) is 5.91 Å². The van der Waals surface area contributed by atoms with E-state index in [1.807, 2.05) is 19.1 Å². The number of carbonyl (C=O) groups is 1. The largest absolute Gasteiger partial charge is 0.496 e. The van der Waals surface area contributed by atoms with Crippen LogP contribution in [-0.4, -0.2) is 24.6 Å². The van der Waals surface area contributed by atoms with Crippen molar-refractivity contribution in [3.8, 4) is 5.75 Å². The van der Waals surface area contributed by atoms with Crippen LogP contribution in [0, 0.1) is 6.92 Å². The zero-order chi connectivity index (χ0) is 13.5. The van der Waals surface area contributed by atoms with Crippen molar-refractivity contribution in [1.29, 1.82) is 0 Å². The SMILES string of the molecule is COc1ccc(C)cc1C(=O)NCCCC(N)=S. The summed E-state index contributed by atoms with van der Waals surface area (Å²) in [5, 5.41) is 2.82. The lowest BCUT2D eigenvalue weighted by molar-refractivity contribution is 0.0950. The Labute approximate surface area is 113 Å². The monoisotopic (exact) mass is 266 g/mol. The molecule has 0 saturated carbocycles. The van der Waals surface area contributed by atoms with Crippen molar-refractivity contribution in [3.05, 3.63) is 29.3 Å². The van der Waals surface area contributed by atoms with Gasteiger partial charge >= 0.3 is 0 Å². The molecule has 0 unspecified atom stereocenters. The lowest BCUT2D eigenvalue weighted by atomic mass is 10.1. The van der Waals surface area contributed by atoms with Gasteiger partial charge in [-0.2, -0.15) is 0 Å². The first-order valence-corrected chi connectivity index (χ1v) is 6.16. The fourth-order valence-corrected chi connectivity index (χ4v) is 1.70. The van der Waals surface area contributed by atoms with Crippen LogP contribution < -0.4 is 15.8 Å². The van der Waals surface area contributed by atoms with Gasteiger partial charge in [-0.3, -0.25) is 4.79 Å². The number of rotatable bonds is 6. The number of methoxy groups -OCH3 is 1. The van der Waals surface area contributed by atoms with Crippen LogP contribution in [0.15, 0.2) is 18.2 Å². The summed E-state index contributed by atoms with van der Waals surface area (Å²) in [5.41, 5.74) is 6.95. The Bertz CT molecular complexity index is 447. The number of ether oxygens (including phenoxy) is 1. The predicted molar refractivity (Wildman–Crippen MR) is 76.1 cm³/mol. The van der Waals surface area contributed by atoms with E-state index in [0.29, 0.717) is 29.3 Å². The summed E-state index contributed by atoms with van der Waals surface area (Å²) in [7, 11) is 1.55. The summed E-state index contributed by atoms with van der Waals surface area (Å²) in [6.07, 6.45) is 1.38. The number of nitrogens with two attached hydrogens (primary N) is 1. The molecule has 0 aromatic heterocycles. The number of benzene rings is 1. The summed E-state index contributed by atoms with van der Waals surface area (Å²) in [5.74, 6) is 0.436. The number of carbonyl (C=O) groups excluding carboxylic acids is 1. The first-order chi connectivity index (χ1) is 8.54. The highest BCUT2D eigenvalue weighted by Crippen LogP contribution is 2.19. The number of aryl methyl sites for hydroxylation is 1. The molecular formula is C13H18N2O2S. The van der Waals surface area contributed by atoms with Gasteiger partial charge < -0.3 is 15.8 Å². The molecule has 0 bridgehead atoms. The van der Waals surface area contributed by atoms with Gasteiger partial charge in [-0.1, -0.05) is 23.8 Å². The van der Waals surface area contributed by atoms with Gasteiger partial charge in [0.1, 0.15) is 5.75 Å². The van der Waals surface area contributed by atoms with Crippen LogP contribution in [0.5, 0.6) is 5.75 Å². The van der Waals surface area contributed by atoms with Crippen LogP contribution in [0.3, 0.4) is 0 Å². The molecule has 3 N–H and O–H groups in total. The van der Waals surface area contributed by atoms with Gasteiger partial charge in [0.15, 0.2) is 0 Å². The average Bonchev–Trinajstić information content (AvgIpc) is 2.34. The maximum absolute atomic E-state index is 12.0. The average molecular weight is 266 g/mol. The lowest BCUT2D eigenvalue weighted by Crippen LogP contribution is -2.25. The van der Waals surface area contributed by atoms with E-state index in [2.05, 4.69) is 5.32 Å². The number of amides is 1. The molecule has 5 heteroatoms. The minimum atomic E-state index is -0.140. The molecule has 0 aliphatic carbocycles. The summed E-state index contributed by atoms with van der Waals surface area (Å²) in [6, 6.07) is 5.50. The molecule has 1 amide bonds. The van der Waals surface area contributed by atoms with E-state index >= 15 is 0 Å². The maximum atomic E-state index is 12.0. The van der Waals surface area contributed by atoms with Crippen molar-refractivity contribution in [3.63, 3.8) is 0 Å². The molecule has 18 heavy (non-hydrogen) atoms. The quantitative estimate of drug-likeness (QED) is 0.609. The van der Waals surface area contributed by atoms with E-state index in [-0.39, 0.29) is 5.91 Å². The predicted octanol–water partition coefficient (Wildman–Crippen LogP) is 1.80. The van der Waals surface area contributed by atoms with Crippen LogP contribution >= 0.6 is 12.2 Å². The van der Waals surface area contributed by atoms with Crippen molar-refractivity contribution >= 4 is 23.1 Å². The fourth-order valence-electron chi connectivity index (χ4n) is 1.56. The highest BCUT2D eigenvalue weighted by atomic mass is 32.1. The molecule has 1 aromatic carbocycles. The second-order valence-corrected chi connectivity index (χ2v) is 4.55.